The number of nitrogens with zero attached hydrogens (tertiary/aromatic N) is 1. The van der Waals surface area contributed by atoms with Crippen molar-refractivity contribution in [2.45, 2.75) is 26.7 Å². The van der Waals surface area contributed by atoms with Crippen LogP contribution in [0.1, 0.15) is 25.8 Å². The third-order valence-corrected chi connectivity index (χ3v) is 3.84. The zero-order valence-corrected chi connectivity index (χ0v) is 11.1. The molecule has 0 aromatic heterocycles. The number of aryl methyl sites for hydroxylation is 1. The highest BCUT2D eigenvalue weighted by molar-refractivity contribution is 6.64. The number of fused-ring (bicyclic) bond motifs is 1. The average molecular weight is 252 g/mol. The summed E-state index contributed by atoms with van der Waals surface area (Å²) in [5.41, 5.74) is 2.13. The van der Waals surface area contributed by atoms with E-state index in [-0.39, 0.29) is 5.24 Å². The van der Waals surface area contributed by atoms with Crippen molar-refractivity contribution in [2.24, 2.45) is 5.41 Å². The lowest BCUT2D eigenvalue weighted by Gasteiger charge is -2.36. The Bertz CT molecular complexity index is 428. The first-order chi connectivity index (χ1) is 8.00. The topological polar surface area (TPSA) is 20.3 Å². The molecule has 0 saturated carbocycles. The first-order valence-corrected chi connectivity index (χ1v) is 6.41. The molecule has 0 fully saturated rings. The van der Waals surface area contributed by atoms with E-state index in [0.717, 1.165) is 19.4 Å². The van der Waals surface area contributed by atoms with E-state index < -0.39 is 5.41 Å². The number of benzene rings is 1. The summed E-state index contributed by atoms with van der Waals surface area (Å²) in [4.78, 5) is 13.7. The van der Waals surface area contributed by atoms with Crippen LogP contribution in [0.25, 0.3) is 0 Å². The van der Waals surface area contributed by atoms with Crippen LogP contribution >= 0.6 is 11.6 Å². The Hall–Kier alpha value is -1.02. The van der Waals surface area contributed by atoms with Gasteiger partial charge in [-0.15, -0.1) is 0 Å². The number of carbonyl (C=O) groups is 1. The Kier molecular flexibility index (Phi) is 3.43. The van der Waals surface area contributed by atoms with E-state index in [0.29, 0.717) is 6.54 Å². The molecule has 17 heavy (non-hydrogen) atoms. The first kappa shape index (κ1) is 12.4. The molecule has 0 atom stereocenters. The van der Waals surface area contributed by atoms with Gasteiger partial charge in [-0.25, -0.2) is 0 Å². The minimum Gasteiger partial charge on any atom is -0.370 e. The largest absolute Gasteiger partial charge is 0.370 e. The molecule has 0 unspecified atom stereocenters. The van der Waals surface area contributed by atoms with E-state index in [2.05, 4.69) is 23.1 Å². The lowest BCUT2D eigenvalue weighted by molar-refractivity contribution is -0.118. The van der Waals surface area contributed by atoms with Gasteiger partial charge in [0.05, 0.1) is 5.41 Å². The fourth-order valence-electron chi connectivity index (χ4n) is 2.32. The maximum absolute atomic E-state index is 11.4. The lowest BCUT2D eigenvalue weighted by atomic mass is 9.92. The molecule has 92 valence electrons. The van der Waals surface area contributed by atoms with Gasteiger partial charge in [-0.1, -0.05) is 18.2 Å². The van der Waals surface area contributed by atoms with Gasteiger partial charge >= 0.3 is 0 Å². The number of hydrogen-bond acceptors (Lipinski definition) is 2. The summed E-state index contributed by atoms with van der Waals surface area (Å²) in [6.45, 7) is 5.50. The van der Waals surface area contributed by atoms with Gasteiger partial charge in [0.15, 0.2) is 0 Å². The van der Waals surface area contributed by atoms with Crippen molar-refractivity contribution in [1.82, 2.24) is 0 Å². The van der Waals surface area contributed by atoms with Crippen LogP contribution in [0, 0.1) is 5.41 Å². The molecule has 0 radical (unpaired) electrons. The summed E-state index contributed by atoms with van der Waals surface area (Å²) in [6, 6.07) is 8.41. The van der Waals surface area contributed by atoms with Crippen LogP contribution in [-0.4, -0.2) is 18.3 Å². The second-order valence-electron chi connectivity index (χ2n) is 5.31. The van der Waals surface area contributed by atoms with Gasteiger partial charge in [-0.3, -0.25) is 4.79 Å². The zero-order valence-electron chi connectivity index (χ0n) is 10.4. The van der Waals surface area contributed by atoms with E-state index in [4.69, 9.17) is 11.6 Å². The van der Waals surface area contributed by atoms with Gasteiger partial charge < -0.3 is 4.90 Å². The van der Waals surface area contributed by atoms with Gasteiger partial charge in [-0.05, 0) is 49.9 Å². The first-order valence-electron chi connectivity index (χ1n) is 6.03. The Morgan fingerprint density at radius 1 is 1.41 bits per heavy atom. The molecule has 2 nitrogen and oxygen atoms in total. The van der Waals surface area contributed by atoms with Crippen molar-refractivity contribution in [2.75, 3.05) is 18.0 Å². The van der Waals surface area contributed by atoms with Gasteiger partial charge in [-0.2, -0.15) is 0 Å². The molecule has 1 aromatic rings. The molecular formula is C14H18ClNO. The van der Waals surface area contributed by atoms with Crippen molar-refractivity contribution < 1.29 is 4.79 Å². The number of carbonyl (C=O) groups excluding carboxylic acids is 1. The fraction of sp³-hybridized carbons (Fsp3) is 0.500. The van der Waals surface area contributed by atoms with Crippen molar-refractivity contribution in [3.8, 4) is 0 Å². The summed E-state index contributed by atoms with van der Waals surface area (Å²) in [6.07, 6.45) is 2.27. The molecule has 0 N–H and O–H groups in total. The van der Waals surface area contributed by atoms with Crippen molar-refractivity contribution in [3.63, 3.8) is 0 Å². The third-order valence-electron chi connectivity index (χ3n) is 3.32. The second-order valence-corrected chi connectivity index (χ2v) is 5.65. The number of halogens is 1. The monoisotopic (exact) mass is 251 g/mol. The quantitative estimate of drug-likeness (QED) is 0.769. The molecule has 1 heterocycles. The van der Waals surface area contributed by atoms with Gasteiger partial charge in [0, 0.05) is 18.8 Å². The van der Waals surface area contributed by atoms with E-state index in [1.807, 2.05) is 19.9 Å². The number of rotatable bonds is 3. The Morgan fingerprint density at radius 2 is 2.12 bits per heavy atom. The van der Waals surface area contributed by atoms with Crippen LogP contribution in [0.15, 0.2) is 24.3 Å². The molecule has 0 saturated heterocycles. The van der Waals surface area contributed by atoms with Gasteiger partial charge in [0.2, 0.25) is 5.24 Å². The molecule has 0 aliphatic carbocycles. The molecule has 3 heteroatoms. The highest BCUT2D eigenvalue weighted by Crippen LogP contribution is 2.30. The summed E-state index contributed by atoms with van der Waals surface area (Å²) in [5.74, 6) is 0. The maximum Gasteiger partial charge on any atom is 0.229 e. The number of anilines is 1. The van der Waals surface area contributed by atoms with Crippen LogP contribution in [0.5, 0.6) is 0 Å². The van der Waals surface area contributed by atoms with Crippen LogP contribution < -0.4 is 4.90 Å². The highest BCUT2D eigenvalue weighted by Gasteiger charge is 2.30. The molecule has 1 aliphatic heterocycles. The lowest BCUT2D eigenvalue weighted by Crippen LogP contribution is -2.40. The second kappa shape index (κ2) is 4.69. The summed E-state index contributed by atoms with van der Waals surface area (Å²) in [7, 11) is 0. The van der Waals surface area contributed by atoms with Crippen molar-refractivity contribution >= 4 is 22.5 Å². The van der Waals surface area contributed by atoms with E-state index in [1.54, 1.807) is 0 Å². The average Bonchev–Trinajstić information content (AvgIpc) is 2.29. The molecule has 0 amide bonds. The fourth-order valence-corrected chi connectivity index (χ4v) is 2.37. The molecule has 1 aromatic carbocycles. The van der Waals surface area contributed by atoms with Gasteiger partial charge in [0.25, 0.3) is 0 Å². The normalized spacial score (nSPS) is 15.6. The summed E-state index contributed by atoms with van der Waals surface area (Å²) >= 11 is 5.65. The predicted molar refractivity (Wildman–Crippen MR) is 71.6 cm³/mol. The van der Waals surface area contributed by atoms with Crippen LogP contribution in [-0.2, 0) is 11.2 Å². The minimum absolute atomic E-state index is 0.263. The van der Waals surface area contributed by atoms with E-state index in [9.17, 15) is 4.79 Å². The van der Waals surface area contributed by atoms with Crippen LogP contribution in [0.2, 0.25) is 0 Å². The minimum atomic E-state index is -0.494. The molecule has 0 bridgehead atoms. The standard InChI is InChI=1S/C14H18ClNO/c1-14(2,13(15)17)10-16-9-5-7-11-6-3-4-8-12(11)16/h3-4,6,8H,5,7,9-10H2,1-2H3. The number of hydrogen-bond donors (Lipinski definition) is 0. The van der Waals surface area contributed by atoms with E-state index >= 15 is 0 Å². The molecule has 1 aliphatic rings. The zero-order chi connectivity index (χ0) is 12.5. The Labute approximate surface area is 108 Å². The molecule has 2 rings (SSSR count). The SMILES string of the molecule is CC(C)(CN1CCCc2ccccc21)C(=O)Cl. The smallest absolute Gasteiger partial charge is 0.229 e. The van der Waals surface area contributed by atoms with Crippen LogP contribution in [0.4, 0.5) is 5.69 Å². The maximum atomic E-state index is 11.4. The molecule has 0 spiro atoms. The van der Waals surface area contributed by atoms with Crippen molar-refractivity contribution in [3.05, 3.63) is 29.8 Å². The summed E-state index contributed by atoms with van der Waals surface area (Å²) < 4.78 is 0. The summed E-state index contributed by atoms with van der Waals surface area (Å²) in [5, 5.41) is -0.263. The van der Waals surface area contributed by atoms with Crippen LogP contribution in [0.3, 0.4) is 0 Å². The number of para-hydroxylation sites is 1. The Balaban J connectivity index is 2.22. The van der Waals surface area contributed by atoms with Crippen molar-refractivity contribution in [1.29, 1.82) is 0 Å². The highest BCUT2D eigenvalue weighted by atomic mass is 35.5. The molecular weight excluding hydrogens is 234 g/mol. The predicted octanol–water partition coefficient (Wildman–Crippen LogP) is 3.23. The third kappa shape index (κ3) is 2.63. The van der Waals surface area contributed by atoms with E-state index in [1.165, 1.54) is 11.3 Å². The van der Waals surface area contributed by atoms with Gasteiger partial charge in [0.1, 0.15) is 0 Å². The Morgan fingerprint density at radius 3 is 2.82 bits per heavy atom.